The zero-order valence-electron chi connectivity index (χ0n) is 17.2. The van der Waals surface area contributed by atoms with E-state index in [0.29, 0.717) is 17.0 Å². The maximum atomic E-state index is 13.1. The average molecular weight is 476 g/mol. The minimum Gasteiger partial charge on any atom is -0.497 e. The van der Waals surface area contributed by atoms with Gasteiger partial charge in [-0.3, -0.25) is 19.8 Å². The fraction of sp³-hybridized carbons (Fsp3) is 0.143. The lowest BCUT2D eigenvalue weighted by Crippen LogP contribution is -2.37. The standard InChI is InChI=1S/C21H18F2N4O5S/c1-31-14-6-2-12(3-7-14)10-16-18(29)27(13-4-8-15(9-5-13)32-19(22)23)21(25-16)33-11-17(28)26-20(24)30/h2-10,19H,11H2,1H3,(H3,24,26,28,30)/b16-10+. The van der Waals surface area contributed by atoms with Gasteiger partial charge in [-0.25, -0.2) is 9.79 Å². The SMILES string of the molecule is COc1ccc(/C=C2/N=C(SCC(=O)NC(N)=O)N(c3ccc(OC(F)F)cc3)C2=O)cc1. The molecule has 1 aliphatic rings. The van der Waals surface area contributed by atoms with E-state index in [1.165, 1.54) is 36.3 Å². The molecule has 4 amide bonds. The summed E-state index contributed by atoms with van der Waals surface area (Å²) in [4.78, 5) is 41.3. The van der Waals surface area contributed by atoms with Crippen molar-refractivity contribution in [3.63, 3.8) is 0 Å². The third-order valence-electron chi connectivity index (χ3n) is 4.16. The topological polar surface area (TPSA) is 123 Å². The number of nitrogens with zero attached hydrogens (tertiary/aromatic N) is 2. The molecule has 0 radical (unpaired) electrons. The number of thioether (sulfide) groups is 1. The van der Waals surface area contributed by atoms with Crippen LogP contribution in [0.3, 0.4) is 0 Å². The number of carbonyl (C=O) groups excluding carboxylic acids is 3. The van der Waals surface area contributed by atoms with Gasteiger partial charge < -0.3 is 15.2 Å². The van der Waals surface area contributed by atoms with Crippen molar-refractivity contribution in [2.24, 2.45) is 10.7 Å². The normalized spacial score (nSPS) is 14.4. The summed E-state index contributed by atoms with van der Waals surface area (Å²) in [5, 5.41) is 2.08. The molecule has 0 saturated carbocycles. The minimum absolute atomic E-state index is 0.0821. The number of amides is 4. The van der Waals surface area contributed by atoms with E-state index in [9.17, 15) is 23.2 Å². The quantitative estimate of drug-likeness (QED) is 0.593. The van der Waals surface area contributed by atoms with Crippen LogP contribution in [0, 0.1) is 0 Å². The number of primary amides is 1. The molecule has 3 rings (SSSR count). The number of imide groups is 1. The first kappa shape index (κ1) is 23.7. The first-order chi connectivity index (χ1) is 15.8. The highest BCUT2D eigenvalue weighted by molar-refractivity contribution is 8.14. The maximum Gasteiger partial charge on any atom is 0.387 e. The van der Waals surface area contributed by atoms with Gasteiger partial charge in [-0.1, -0.05) is 23.9 Å². The van der Waals surface area contributed by atoms with Crippen LogP contribution in [0.4, 0.5) is 19.3 Å². The van der Waals surface area contributed by atoms with Crippen LogP contribution < -0.4 is 25.4 Å². The molecule has 0 unspecified atom stereocenters. The molecule has 0 aromatic heterocycles. The molecule has 0 saturated heterocycles. The molecule has 0 aliphatic carbocycles. The van der Waals surface area contributed by atoms with Crippen LogP contribution in [0.2, 0.25) is 0 Å². The van der Waals surface area contributed by atoms with E-state index in [1.807, 2.05) is 5.32 Å². The van der Waals surface area contributed by atoms with Crippen molar-refractivity contribution in [1.29, 1.82) is 0 Å². The van der Waals surface area contributed by atoms with Crippen molar-refractivity contribution >= 4 is 46.5 Å². The van der Waals surface area contributed by atoms with Crippen molar-refractivity contribution in [2.75, 3.05) is 17.8 Å². The van der Waals surface area contributed by atoms with E-state index >= 15 is 0 Å². The summed E-state index contributed by atoms with van der Waals surface area (Å²) >= 11 is 0.899. The Morgan fingerprint density at radius 2 is 1.79 bits per heavy atom. The Labute approximate surface area is 191 Å². The molecule has 1 heterocycles. The number of hydrogen-bond acceptors (Lipinski definition) is 7. The predicted molar refractivity (Wildman–Crippen MR) is 119 cm³/mol. The molecular formula is C21H18F2N4O5S. The number of alkyl halides is 2. The maximum absolute atomic E-state index is 13.1. The molecule has 172 valence electrons. The average Bonchev–Trinajstić information content (AvgIpc) is 3.07. The monoisotopic (exact) mass is 476 g/mol. The summed E-state index contributed by atoms with van der Waals surface area (Å²) in [5.74, 6) is -0.847. The second-order valence-corrected chi connectivity index (χ2v) is 7.35. The number of rotatable bonds is 7. The highest BCUT2D eigenvalue weighted by atomic mass is 32.2. The van der Waals surface area contributed by atoms with Crippen molar-refractivity contribution in [2.45, 2.75) is 6.61 Å². The van der Waals surface area contributed by atoms with E-state index in [-0.39, 0.29) is 22.4 Å². The van der Waals surface area contributed by atoms with Gasteiger partial charge in [-0.05, 0) is 48.0 Å². The summed E-state index contributed by atoms with van der Waals surface area (Å²) in [5.41, 5.74) is 6.03. The van der Waals surface area contributed by atoms with E-state index in [4.69, 9.17) is 10.5 Å². The van der Waals surface area contributed by atoms with Gasteiger partial charge in [0.15, 0.2) is 5.17 Å². The Morgan fingerprint density at radius 1 is 1.15 bits per heavy atom. The molecule has 33 heavy (non-hydrogen) atoms. The number of amidine groups is 1. The lowest BCUT2D eigenvalue weighted by atomic mass is 10.2. The van der Waals surface area contributed by atoms with Gasteiger partial charge in [0.05, 0.1) is 18.6 Å². The van der Waals surface area contributed by atoms with Crippen molar-refractivity contribution in [3.05, 3.63) is 59.8 Å². The summed E-state index contributed by atoms with van der Waals surface area (Å²) < 4.78 is 34.3. The molecule has 0 spiro atoms. The summed E-state index contributed by atoms with van der Waals surface area (Å²) in [7, 11) is 1.53. The van der Waals surface area contributed by atoms with Crippen LogP contribution in [0.5, 0.6) is 11.5 Å². The Morgan fingerprint density at radius 3 is 2.36 bits per heavy atom. The van der Waals surface area contributed by atoms with E-state index in [1.54, 1.807) is 30.3 Å². The van der Waals surface area contributed by atoms with E-state index in [0.717, 1.165) is 11.8 Å². The molecule has 1 aliphatic heterocycles. The Bertz CT molecular complexity index is 1100. The van der Waals surface area contributed by atoms with Gasteiger partial charge in [0.2, 0.25) is 5.91 Å². The highest BCUT2D eigenvalue weighted by Crippen LogP contribution is 2.31. The highest BCUT2D eigenvalue weighted by Gasteiger charge is 2.32. The van der Waals surface area contributed by atoms with Gasteiger partial charge in [-0.15, -0.1) is 0 Å². The molecule has 0 atom stereocenters. The number of ether oxygens (including phenoxy) is 2. The minimum atomic E-state index is -2.99. The lowest BCUT2D eigenvalue weighted by molar-refractivity contribution is -0.117. The molecule has 3 N–H and O–H groups in total. The van der Waals surface area contributed by atoms with Gasteiger partial charge in [0.25, 0.3) is 5.91 Å². The van der Waals surface area contributed by atoms with Crippen LogP contribution in [0.1, 0.15) is 5.56 Å². The molecule has 2 aromatic carbocycles. The number of halogens is 2. The Kier molecular flexibility index (Phi) is 7.61. The summed E-state index contributed by atoms with van der Waals surface area (Å²) in [6.45, 7) is -2.99. The van der Waals surface area contributed by atoms with E-state index < -0.39 is 24.5 Å². The van der Waals surface area contributed by atoms with Crippen molar-refractivity contribution < 1.29 is 32.6 Å². The van der Waals surface area contributed by atoms with Crippen molar-refractivity contribution in [1.82, 2.24) is 5.32 Å². The second-order valence-electron chi connectivity index (χ2n) is 6.41. The third-order valence-corrected chi connectivity index (χ3v) is 5.10. The van der Waals surface area contributed by atoms with Gasteiger partial charge in [0, 0.05) is 0 Å². The fourth-order valence-electron chi connectivity index (χ4n) is 2.76. The number of hydrogen-bond donors (Lipinski definition) is 2. The summed E-state index contributed by atoms with van der Waals surface area (Å²) in [6, 6.07) is 11.3. The van der Waals surface area contributed by atoms with Crippen LogP contribution in [0.15, 0.2) is 59.2 Å². The smallest absolute Gasteiger partial charge is 0.387 e. The first-order valence-electron chi connectivity index (χ1n) is 9.32. The number of aliphatic imine (C=N–C) groups is 1. The largest absolute Gasteiger partial charge is 0.497 e. The van der Waals surface area contributed by atoms with Gasteiger partial charge in [0.1, 0.15) is 17.2 Å². The predicted octanol–water partition coefficient (Wildman–Crippen LogP) is 2.97. The molecular weight excluding hydrogens is 458 g/mol. The zero-order chi connectivity index (χ0) is 24.0. The number of nitrogens with one attached hydrogen (secondary N) is 1. The molecule has 2 aromatic rings. The number of carbonyl (C=O) groups is 3. The number of benzene rings is 2. The fourth-order valence-corrected chi connectivity index (χ4v) is 3.57. The number of anilines is 1. The van der Waals surface area contributed by atoms with Gasteiger partial charge in [-0.2, -0.15) is 8.78 Å². The third kappa shape index (κ3) is 6.29. The Balaban J connectivity index is 1.89. The van der Waals surface area contributed by atoms with Gasteiger partial charge >= 0.3 is 12.6 Å². The van der Waals surface area contributed by atoms with Crippen LogP contribution in [-0.2, 0) is 9.59 Å². The number of nitrogens with two attached hydrogens (primary N) is 1. The van der Waals surface area contributed by atoms with E-state index in [2.05, 4.69) is 9.73 Å². The lowest BCUT2D eigenvalue weighted by Gasteiger charge is -2.18. The van der Waals surface area contributed by atoms with Crippen LogP contribution in [0.25, 0.3) is 6.08 Å². The number of methoxy groups -OCH3 is 1. The molecule has 9 nitrogen and oxygen atoms in total. The van der Waals surface area contributed by atoms with Crippen molar-refractivity contribution in [3.8, 4) is 11.5 Å². The van der Waals surface area contributed by atoms with Crippen LogP contribution in [-0.4, -0.2) is 42.5 Å². The molecule has 0 bridgehead atoms. The first-order valence-corrected chi connectivity index (χ1v) is 10.3. The van der Waals surface area contributed by atoms with Crippen LogP contribution >= 0.6 is 11.8 Å². The molecule has 0 fully saturated rings. The molecule has 12 heteroatoms. The zero-order valence-corrected chi connectivity index (χ0v) is 18.0. The Hall–Kier alpha value is -3.93. The number of urea groups is 1. The summed E-state index contributed by atoms with van der Waals surface area (Å²) in [6.07, 6.45) is 1.56. The second kappa shape index (κ2) is 10.6.